The summed E-state index contributed by atoms with van der Waals surface area (Å²) in [5, 5.41) is 3.44. The van der Waals surface area contributed by atoms with Crippen LogP contribution in [0.1, 0.15) is 18.5 Å². The maximum atomic E-state index is 4.26. The van der Waals surface area contributed by atoms with Crippen molar-refractivity contribution in [3.8, 4) is 0 Å². The second kappa shape index (κ2) is 6.35. The number of hydrogen-bond donors (Lipinski definition) is 1. The first-order valence-electron chi connectivity index (χ1n) is 6.22. The summed E-state index contributed by atoms with van der Waals surface area (Å²) < 4.78 is 2.18. The number of hydrogen-bond acceptors (Lipinski definition) is 3. The Labute approximate surface area is 102 Å². The van der Waals surface area contributed by atoms with Crippen molar-refractivity contribution in [3.63, 3.8) is 0 Å². The first-order valence-corrected chi connectivity index (χ1v) is 6.22. The van der Waals surface area contributed by atoms with Gasteiger partial charge in [0, 0.05) is 37.7 Å². The molecule has 92 valence electrons. The van der Waals surface area contributed by atoms with Crippen LogP contribution in [0.3, 0.4) is 0 Å². The lowest BCUT2D eigenvalue weighted by Gasteiger charge is -2.09. The summed E-state index contributed by atoms with van der Waals surface area (Å²) in [6.45, 7) is 6.04. The van der Waals surface area contributed by atoms with Crippen LogP contribution in [-0.2, 0) is 6.54 Å². The molecular formula is C13H20N4. The van der Waals surface area contributed by atoms with Crippen LogP contribution in [0.2, 0.25) is 0 Å². The Balaban J connectivity index is 1.59. The molecule has 1 aliphatic heterocycles. The Hall–Kier alpha value is -1.42. The summed E-state index contributed by atoms with van der Waals surface area (Å²) in [6.07, 6.45) is 10.3. The lowest BCUT2D eigenvalue weighted by molar-refractivity contribution is 0.590. The van der Waals surface area contributed by atoms with E-state index in [0.717, 1.165) is 39.0 Å². The third kappa shape index (κ3) is 3.82. The average Bonchev–Trinajstić information content (AvgIpc) is 2.76. The van der Waals surface area contributed by atoms with Crippen molar-refractivity contribution in [2.24, 2.45) is 4.99 Å². The standard InChI is InChI=1S/C13H20N4/c1-12-8-16-11-17(12)7-3-6-15-10-13-4-2-5-14-9-13/h4,8-9,11,15H,2-3,5-7,10H2,1H3. The minimum absolute atomic E-state index is 0.937. The monoisotopic (exact) mass is 232 g/mol. The highest BCUT2D eigenvalue weighted by Gasteiger charge is 1.98. The average molecular weight is 232 g/mol. The van der Waals surface area contributed by atoms with Crippen molar-refractivity contribution >= 4 is 6.21 Å². The van der Waals surface area contributed by atoms with Gasteiger partial charge in [0.2, 0.25) is 0 Å². The zero-order valence-electron chi connectivity index (χ0n) is 10.4. The molecule has 2 rings (SSSR count). The van der Waals surface area contributed by atoms with E-state index in [-0.39, 0.29) is 0 Å². The number of imidazole rings is 1. The van der Waals surface area contributed by atoms with Gasteiger partial charge in [-0.3, -0.25) is 4.99 Å². The largest absolute Gasteiger partial charge is 0.335 e. The van der Waals surface area contributed by atoms with E-state index >= 15 is 0 Å². The number of aryl methyl sites for hydroxylation is 2. The Morgan fingerprint density at radius 3 is 3.12 bits per heavy atom. The van der Waals surface area contributed by atoms with Crippen molar-refractivity contribution in [2.45, 2.75) is 26.3 Å². The molecule has 0 saturated carbocycles. The van der Waals surface area contributed by atoms with Crippen LogP contribution in [0, 0.1) is 6.92 Å². The van der Waals surface area contributed by atoms with Crippen LogP contribution in [0.25, 0.3) is 0 Å². The molecule has 0 saturated heterocycles. The number of dihydropyridines is 1. The van der Waals surface area contributed by atoms with Crippen LogP contribution in [-0.4, -0.2) is 35.4 Å². The van der Waals surface area contributed by atoms with Crippen molar-refractivity contribution in [1.82, 2.24) is 14.9 Å². The van der Waals surface area contributed by atoms with Gasteiger partial charge in [0.15, 0.2) is 0 Å². The van der Waals surface area contributed by atoms with Crippen LogP contribution in [0.5, 0.6) is 0 Å². The van der Waals surface area contributed by atoms with Crippen molar-refractivity contribution in [2.75, 3.05) is 19.6 Å². The molecule has 1 aromatic heterocycles. The molecule has 0 unspecified atom stereocenters. The van der Waals surface area contributed by atoms with Crippen molar-refractivity contribution in [3.05, 3.63) is 29.9 Å². The summed E-state index contributed by atoms with van der Waals surface area (Å²) >= 11 is 0. The smallest absolute Gasteiger partial charge is 0.0948 e. The summed E-state index contributed by atoms with van der Waals surface area (Å²) in [5.74, 6) is 0. The van der Waals surface area contributed by atoms with E-state index in [0.29, 0.717) is 0 Å². The van der Waals surface area contributed by atoms with Crippen molar-refractivity contribution < 1.29 is 0 Å². The lowest BCUT2D eigenvalue weighted by atomic mass is 10.2. The molecule has 0 bridgehead atoms. The SMILES string of the molecule is Cc1cncn1CCCNCC1=CCCN=C1. The quantitative estimate of drug-likeness (QED) is 0.757. The molecule has 0 fully saturated rings. The van der Waals surface area contributed by atoms with Crippen molar-refractivity contribution in [1.29, 1.82) is 0 Å². The van der Waals surface area contributed by atoms with Gasteiger partial charge in [0.05, 0.1) is 6.33 Å². The molecule has 0 aliphatic carbocycles. The van der Waals surface area contributed by atoms with Gasteiger partial charge in [-0.2, -0.15) is 0 Å². The summed E-state index contributed by atoms with van der Waals surface area (Å²) in [4.78, 5) is 8.37. The van der Waals surface area contributed by atoms with Gasteiger partial charge >= 0.3 is 0 Å². The summed E-state index contributed by atoms with van der Waals surface area (Å²) in [7, 11) is 0. The molecule has 0 atom stereocenters. The van der Waals surface area contributed by atoms with E-state index in [1.807, 2.05) is 18.7 Å². The summed E-state index contributed by atoms with van der Waals surface area (Å²) in [6, 6.07) is 0. The minimum Gasteiger partial charge on any atom is -0.335 e. The van der Waals surface area contributed by atoms with Gasteiger partial charge in [0.25, 0.3) is 0 Å². The van der Waals surface area contributed by atoms with E-state index in [1.54, 1.807) is 0 Å². The Morgan fingerprint density at radius 1 is 1.47 bits per heavy atom. The van der Waals surface area contributed by atoms with E-state index in [4.69, 9.17) is 0 Å². The molecule has 0 spiro atoms. The van der Waals surface area contributed by atoms with E-state index < -0.39 is 0 Å². The first kappa shape index (κ1) is 12.0. The van der Waals surface area contributed by atoms with Crippen LogP contribution in [0.4, 0.5) is 0 Å². The van der Waals surface area contributed by atoms with Crippen LogP contribution in [0.15, 0.2) is 29.2 Å². The molecule has 4 heteroatoms. The fourth-order valence-corrected chi connectivity index (χ4v) is 1.90. The number of aromatic nitrogens is 2. The van der Waals surface area contributed by atoms with E-state index in [1.165, 1.54) is 11.3 Å². The highest BCUT2D eigenvalue weighted by atomic mass is 15.0. The normalized spacial score (nSPS) is 15.0. The zero-order chi connectivity index (χ0) is 11.9. The van der Waals surface area contributed by atoms with Gasteiger partial charge in [-0.05, 0) is 31.9 Å². The Morgan fingerprint density at radius 2 is 2.41 bits per heavy atom. The second-order valence-corrected chi connectivity index (χ2v) is 4.36. The minimum atomic E-state index is 0.937. The van der Waals surface area contributed by atoms with Crippen LogP contribution >= 0.6 is 0 Å². The predicted octanol–water partition coefficient (Wildman–Crippen LogP) is 1.57. The van der Waals surface area contributed by atoms with Gasteiger partial charge in [-0.15, -0.1) is 0 Å². The highest BCUT2D eigenvalue weighted by Crippen LogP contribution is 2.00. The molecule has 2 heterocycles. The Kier molecular flexibility index (Phi) is 4.50. The maximum absolute atomic E-state index is 4.26. The van der Waals surface area contributed by atoms with Gasteiger partial charge in [0.1, 0.15) is 0 Å². The summed E-state index contributed by atoms with van der Waals surface area (Å²) in [5.41, 5.74) is 2.54. The van der Waals surface area contributed by atoms with Gasteiger partial charge < -0.3 is 9.88 Å². The molecule has 0 aromatic carbocycles. The molecule has 0 radical (unpaired) electrons. The van der Waals surface area contributed by atoms with E-state index in [9.17, 15) is 0 Å². The maximum Gasteiger partial charge on any atom is 0.0948 e. The number of nitrogens with one attached hydrogen (secondary N) is 1. The molecule has 17 heavy (non-hydrogen) atoms. The highest BCUT2D eigenvalue weighted by molar-refractivity contribution is 5.79. The topological polar surface area (TPSA) is 42.2 Å². The number of rotatable bonds is 6. The zero-order valence-corrected chi connectivity index (χ0v) is 10.4. The predicted molar refractivity (Wildman–Crippen MR) is 70.5 cm³/mol. The third-order valence-corrected chi connectivity index (χ3v) is 2.92. The first-order chi connectivity index (χ1) is 8.36. The lowest BCUT2D eigenvalue weighted by Crippen LogP contribution is -2.21. The number of nitrogens with zero attached hydrogens (tertiary/aromatic N) is 3. The van der Waals surface area contributed by atoms with Gasteiger partial charge in [-0.25, -0.2) is 4.98 Å². The second-order valence-electron chi connectivity index (χ2n) is 4.36. The third-order valence-electron chi connectivity index (χ3n) is 2.92. The van der Waals surface area contributed by atoms with Crippen LogP contribution < -0.4 is 5.32 Å². The van der Waals surface area contributed by atoms with Gasteiger partial charge in [-0.1, -0.05) is 6.08 Å². The molecular weight excluding hydrogens is 212 g/mol. The fraction of sp³-hybridized carbons (Fsp3) is 0.538. The Bertz CT molecular complexity index is 403. The molecule has 1 N–H and O–H groups in total. The number of aliphatic imine (C=N–C) groups is 1. The fourth-order valence-electron chi connectivity index (χ4n) is 1.90. The molecule has 1 aliphatic rings. The molecule has 4 nitrogen and oxygen atoms in total. The molecule has 1 aromatic rings. The molecule has 0 amide bonds. The van der Waals surface area contributed by atoms with E-state index in [2.05, 4.69) is 32.9 Å².